The van der Waals surface area contributed by atoms with Crippen molar-refractivity contribution in [2.24, 2.45) is 7.05 Å². The number of benzene rings is 1. The molecule has 0 spiro atoms. The summed E-state index contributed by atoms with van der Waals surface area (Å²) in [5.74, 6) is 0.512. The first-order valence-electron chi connectivity index (χ1n) is 9.18. The normalized spacial score (nSPS) is 11.1. The summed E-state index contributed by atoms with van der Waals surface area (Å²) in [6, 6.07) is 12.4. The molecule has 29 heavy (non-hydrogen) atoms. The van der Waals surface area contributed by atoms with Crippen LogP contribution in [0.1, 0.15) is 5.56 Å². The first-order valence-corrected chi connectivity index (χ1v) is 9.18. The van der Waals surface area contributed by atoms with Crippen LogP contribution in [0.2, 0.25) is 0 Å². The average molecular weight is 382 g/mol. The van der Waals surface area contributed by atoms with Gasteiger partial charge in [-0.25, -0.2) is 9.67 Å². The van der Waals surface area contributed by atoms with Crippen LogP contribution < -0.4 is 5.32 Å². The molecule has 4 aromatic heterocycles. The van der Waals surface area contributed by atoms with Crippen molar-refractivity contribution in [3.63, 3.8) is 0 Å². The third-order valence-electron chi connectivity index (χ3n) is 4.61. The molecule has 1 aromatic carbocycles. The molecule has 0 aliphatic carbocycles. The summed E-state index contributed by atoms with van der Waals surface area (Å²) < 4.78 is 3.61. The Morgan fingerprint density at radius 1 is 0.966 bits per heavy atom. The molecule has 0 amide bonds. The lowest BCUT2D eigenvalue weighted by Crippen LogP contribution is -2.04. The Bertz CT molecular complexity index is 1270. The number of aromatic nitrogens is 7. The first-order chi connectivity index (χ1) is 14.2. The fourth-order valence-corrected chi connectivity index (χ4v) is 3.22. The lowest BCUT2D eigenvalue weighted by molar-refractivity contribution is 0.704. The van der Waals surface area contributed by atoms with Gasteiger partial charge in [-0.1, -0.05) is 18.2 Å². The van der Waals surface area contributed by atoms with Crippen molar-refractivity contribution in [3.8, 4) is 11.1 Å². The Hall–Kier alpha value is -4.07. The third kappa shape index (κ3) is 3.55. The number of fused-ring (bicyclic) bond motifs is 1. The zero-order valence-corrected chi connectivity index (χ0v) is 15.8. The quantitative estimate of drug-likeness (QED) is 0.501. The number of anilines is 2. The number of nitrogens with zero attached hydrogens (tertiary/aromatic N) is 7. The van der Waals surface area contributed by atoms with Crippen molar-refractivity contribution in [2.45, 2.75) is 6.54 Å². The highest BCUT2D eigenvalue weighted by atomic mass is 15.3. The van der Waals surface area contributed by atoms with Gasteiger partial charge >= 0.3 is 0 Å². The van der Waals surface area contributed by atoms with E-state index in [1.807, 2.05) is 30.1 Å². The smallest absolute Gasteiger partial charge is 0.229 e. The number of rotatable bonds is 5. The van der Waals surface area contributed by atoms with Gasteiger partial charge in [0.2, 0.25) is 5.95 Å². The maximum atomic E-state index is 4.65. The fourth-order valence-electron chi connectivity index (χ4n) is 3.22. The van der Waals surface area contributed by atoms with Gasteiger partial charge in [-0.05, 0) is 34.9 Å². The van der Waals surface area contributed by atoms with E-state index in [-0.39, 0.29) is 0 Å². The highest BCUT2D eigenvalue weighted by Crippen LogP contribution is 2.21. The molecule has 8 heteroatoms. The van der Waals surface area contributed by atoms with Crippen LogP contribution in [0.15, 0.2) is 73.6 Å². The molecule has 0 fully saturated rings. The van der Waals surface area contributed by atoms with Gasteiger partial charge in [0.25, 0.3) is 0 Å². The molecule has 4 heterocycles. The predicted octanol–water partition coefficient (Wildman–Crippen LogP) is 3.41. The molecule has 0 bridgehead atoms. The Morgan fingerprint density at radius 2 is 1.86 bits per heavy atom. The van der Waals surface area contributed by atoms with Crippen molar-refractivity contribution >= 4 is 22.7 Å². The van der Waals surface area contributed by atoms with Gasteiger partial charge < -0.3 is 5.32 Å². The van der Waals surface area contributed by atoms with E-state index in [1.54, 1.807) is 35.7 Å². The van der Waals surface area contributed by atoms with Crippen LogP contribution in [0, 0.1) is 0 Å². The van der Waals surface area contributed by atoms with E-state index in [9.17, 15) is 0 Å². The summed E-state index contributed by atoms with van der Waals surface area (Å²) >= 11 is 0. The molecular formula is C21H18N8. The molecule has 0 aliphatic rings. The monoisotopic (exact) mass is 382 g/mol. The number of nitrogens with one attached hydrogen (secondary N) is 1. The first kappa shape index (κ1) is 17.1. The van der Waals surface area contributed by atoms with Crippen molar-refractivity contribution < 1.29 is 0 Å². The lowest BCUT2D eigenvalue weighted by atomic mass is 10.0. The Morgan fingerprint density at radius 3 is 2.69 bits per heavy atom. The summed E-state index contributed by atoms with van der Waals surface area (Å²) in [5, 5.41) is 12.7. The van der Waals surface area contributed by atoms with E-state index < -0.39 is 0 Å². The van der Waals surface area contributed by atoms with Crippen LogP contribution in [0.25, 0.3) is 22.2 Å². The summed E-state index contributed by atoms with van der Waals surface area (Å²) in [6.45, 7) is 0.617. The van der Waals surface area contributed by atoms with Gasteiger partial charge in [0.1, 0.15) is 0 Å². The van der Waals surface area contributed by atoms with Crippen LogP contribution in [-0.4, -0.2) is 34.5 Å². The van der Waals surface area contributed by atoms with E-state index in [2.05, 4.69) is 54.7 Å². The second-order valence-corrected chi connectivity index (χ2v) is 6.74. The average Bonchev–Trinajstić information content (AvgIpc) is 3.35. The Labute approximate surface area is 166 Å². The molecule has 5 aromatic rings. The van der Waals surface area contributed by atoms with E-state index in [4.69, 9.17) is 0 Å². The topological polar surface area (TPSA) is 86.3 Å². The standard InChI is InChI=1S/C21H18N8/c1-28-14-19(12-24-28)26-21-23-10-18-11-25-29(20(18)27-21)13-15-3-2-4-17(9-15)16-5-7-22-8-6-16/h2-12,14H,13H2,1H3,(H,23,26,27). The molecule has 0 aliphatic heterocycles. The van der Waals surface area contributed by atoms with E-state index in [1.165, 1.54) is 0 Å². The molecule has 0 atom stereocenters. The van der Waals surface area contributed by atoms with Crippen LogP contribution in [-0.2, 0) is 13.6 Å². The molecule has 142 valence electrons. The van der Waals surface area contributed by atoms with Crippen LogP contribution in [0.4, 0.5) is 11.6 Å². The highest BCUT2D eigenvalue weighted by molar-refractivity contribution is 5.75. The zero-order chi connectivity index (χ0) is 19.6. The van der Waals surface area contributed by atoms with Gasteiger partial charge in [0.15, 0.2) is 5.65 Å². The van der Waals surface area contributed by atoms with E-state index in [0.29, 0.717) is 12.5 Å². The second-order valence-electron chi connectivity index (χ2n) is 6.74. The van der Waals surface area contributed by atoms with Crippen LogP contribution >= 0.6 is 0 Å². The Balaban J connectivity index is 1.44. The molecule has 5 rings (SSSR count). The van der Waals surface area contributed by atoms with Crippen LogP contribution in [0.3, 0.4) is 0 Å². The molecule has 0 unspecified atom stereocenters. The van der Waals surface area contributed by atoms with E-state index in [0.717, 1.165) is 33.4 Å². The van der Waals surface area contributed by atoms with Gasteiger partial charge in [-0.15, -0.1) is 0 Å². The minimum atomic E-state index is 0.512. The number of aryl methyl sites for hydroxylation is 1. The maximum absolute atomic E-state index is 4.65. The van der Waals surface area contributed by atoms with Gasteiger partial charge in [0, 0.05) is 31.8 Å². The predicted molar refractivity (Wildman–Crippen MR) is 111 cm³/mol. The van der Waals surface area contributed by atoms with Crippen molar-refractivity contribution in [2.75, 3.05) is 5.32 Å². The third-order valence-corrected chi connectivity index (χ3v) is 4.61. The highest BCUT2D eigenvalue weighted by Gasteiger charge is 2.09. The second kappa shape index (κ2) is 7.16. The largest absolute Gasteiger partial charge is 0.321 e. The summed E-state index contributed by atoms with van der Waals surface area (Å²) in [4.78, 5) is 13.1. The maximum Gasteiger partial charge on any atom is 0.229 e. The van der Waals surface area contributed by atoms with Crippen molar-refractivity contribution in [1.29, 1.82) is 0 Å². The minimum Gasteiger partial charge on any atom is -0.321 e. The lowest BCUT2D eigenvalue weighted by Gasteiger charge is -2.07. The van der Waals surface area contributed by atoms with Crippen LogP contribution in [0.5, 0.6) is 0 Å². The molecule has 0 radical (unpaired) electrons. The molecule has 8 nitrogen and oxygen atoms in total. The van der Waals surface area contributed by atoms with Gasteiger partial charge in [-0.2, -0.15) is 15.2 Å². The fraction of sp³-hybridized carbons (Fsp3) is 0.0952. The van der Waals surface area contributed by atoms with Crippen molar-refractivity contribution in [1.82, 2.24) is 34.5 Å². The number of pyridine rings is 1. The minimum absolute atomic E-state index is 0.512. The molecular weight excluding hydrogens is 364 g/mol. The number of hydrogen-bond donors (Lipinski definition) is 1. The van der Waals surface area contributed by atoms with Gasteiger partial charge in [0.05, 0.1) is 30.0 Å². The summed E-state index contributed by atoms with van der Waals surface area (Å²) in [7, 11) is 1.87. The molecule has 0 saturated carbocycles. The molecule has 0 saturated heterocycles. The Kier molecular flexibility index (Phi) is 4.21. The van der Waals surface area contributed by atoms with Crippen molar-refractivity contribution in [3.05, 3.63) is 79.1 Å². The molecule has 1 N–H and O–H groups in total. The number of hydrogen-bond acceptors (Lipinski definition) is 6. The zero-order valence-electron chi connectivity index (χ0n) is 15.8. The SMILES string of the molecule is Cn1cc(Nc2ncc3cnn(Cc4cccc(-c5ccncc5)c4)c3n2)cn1. The summed E-state index contributed by atoms with van der Waals surface area (Å²) in [6.07, 6.45) is 10.8. The van der Waals surface area contributed by atoms with Gasteiger partial charge in [-0.3, -0.25) is 9.67 Å². The summed E-state index contributed by atoms with van der Waals surface area (Å²) in [5.41, 5.74) is 5.04. The van der Waals surface area contributed by atoms with E-state index >= 15 is 0 Å².